The number of ketones is 1. The number of rotatable bonds is 8. The Morgan fingerprint density at radius 2 is 1.94 bits per heavy atom. The maximum Gasteiger partial charge on any atom is 0.223 e. The lowest BCUT2D eigenvalue weighted by molar-refractivity contribution is 0.103. The molecular weight excluding hydrogens is 466 g/mol. The zero-order valence-corrected chi connectivity index (χ0v) is 19.7. The Morgan fingerprint density at radius 3 is 2.58 bits per heavy atom. The molecule has 0 radical (unpaired) electrons. The van der Waals surface area contributed by atoms with Gasteiger partial charge in [-0.05, 0) is 24.6 Å². The number of hydrogen-bond donors (Lipinski definition) is 0. The van der Waals surface area contributed by atoms with Gasteiger partial charge in [-0.25, -0.2) is 13.1 Å². The highest BCUT2D eigenvalue weighted by molar-refractivity contribution is 7.90. The first-order valence-corrected chi connectivity index (χ1v) is 12.6. The Labute approximate surface area is 196 Å². The van der Waals surface area contributed by atoms with Gasteiger partial charge < -0.3 is 9.57 Å². The number of halogens is 1. The van der Waals surface area contributed by atoms with Crippen molar-refractivity contribution < 1.29 is 22.8 Å². The molecule has 3 aromatic rings. The molecule has 2 aromatic carbocycles. The molecule has 2 heterocycles. The molecule has 10 heteroatoms. The zero-order valence-electron chi connectivity index (χ0n) is 18.1. The van der Waals surface area contributed by atoms with Crippen molar-refractivity contribution in [2.75, 3.05) is 12.9 Å². The fourth-order valence-electron chi connectivity index (χ4n) is 3.57. The number of oxime groups is 1. The SMILES string of the molecule is CCn1ncc(C(=O)c2ccc(S(C)(=O)=O)c(C3=NOCC3)c2Cl)c1OCc1ccccc1. The topological polar surface area (TPSA) is 99.9 Å². The first-order chi connectivity index (χ1) is 15.8. The zero-order chi connectivity index (χ0) is 23.6. The first kappa shape index (κ1) is 23.0. The third kappa shape index (κ3) is 4.65. The summed E-state index contributed by atoms with van der Waals surface area (Å²) in [7, 11) is -3.62. The molecule has 0 aliphatic carbocycles. The Morgan fingerprint density at radius 1 is 1.18 bits per heavy atom. The fourth-order valence-corrected chi connectivity index (χ4v) is 4.89. The molecule has 4 rings (SSSR count). The molecule has 0 unspecified atom stereocenters. The van der Waals surface area contributed by atoms with Crippen LogP contribution in [0.5, 0.6) is 5.88 Å². The van der Waals surface area contributed by atoms with Crippen molar-refractivity contribution in [2.45, 2.75) is 31.4 Å². The van der Waals surface area contributed by atoms with Crippen LogP contribution < -0.4 is 4.74 Å². The molecule has 0 saturated carbocycles. The van der Waals surface area contributed by atoms with Crippen LogP contribution in [0, 0.1) is 0 Å². The van der Waals surface area contributed by atoms with E-state index in [-0.39, 0.29) is 33.2 Å². The Balaban J connectivity index is 1.76. The van der Waals surface area contributed by atoms with Crippen LogP contribution in [0.4, 0.5) is 0 Å². The Hall–Kier alpha value is -3.17. The lowest BCUT2D eigenvalue weighted by Gasteiger charge is -2.14. The standard InChI is InChI=1S/C23H22ClN3O5S/c1-3-27-23(31-14-15-7-5-4-6-8-15)17(13-25-27)22(28)16-9-10-19(33(2,29)30)20(21(16)24)18-11-12-32-26-18/h4-10,13H,3,11-12,14H2,1-2H3. The van der Waals surface area contributed by atoms with Gasteiger partial charge in [-0.2, -0.15) is 5.10 Å². The summed E-state index contributed by atoms with van der Waals surface area (Å²) in [5.41, 5.74) is 1.89. The second-order valence-corrected chi connectivity index (χ2v) is 9.84. The summed E-state index contributed by atoms with van der Waals surface area (Å²) in [5.74, 6) is -0.110. The van der Waals surface area contributed by atoms with Crippen LogP contribution in [0.1, 0.15) is 40.4 Å². The van der Waals surface area contributed by atoms with E-state index in [0.29, 0.717) is 31.2 Å². The summed E-state index contributed by atoms with van der Waals surface area (Å²) < 4.78 is 32.3. The van der Waals surface area contributed by atoms with Gasteiger partial charge in [-0.3, -0.25) is 4.79 Å². The smallest absolute Gasteiger partial charge is 0.223 e. The summed E-state index contributed by atoms with van der Waals surface area (Å²) in [6.07, 6.45) is 2.91. The highest BCUT2D eigenvalue weighted by atomic mass is 35.5. The van der Waals surface area contributed by atoms with Gasteiger partial charge in [0.25, 0.3) is 0 Å². The summed E-state index contributed by atoms with van der Waals surface area (Å²) in [4.78, 5) is 18.6. The van der Waals surface area contributed by atoms with Crippen molar-refractivity contribution in [1.29, 1.82) is 0 Å². The lowest BCUT2D eigenvalue weighted by atomic mass is 9.99. The Bertz CT molecular complexity index is 1330. The van der Waals surface area contributed by atoms with Crippen LogP contribution in [0.3, 0.4) is 0 Å². The minimum Gasteiger partial charge on any atom is -0.472 e. The van der Waals surface area contributed by atoms with Crippen LogP contribution in [0.2, 0.25) is 5.02 Å². The predicted molar refractivity (Wildman–Crippen MR) is 124 cm³/mol. The molecule has 1 aliphatic rings. The second kappa shape index (κ2) is 9.36. The number of carbonyl (C=O) groups is 1. The third-order valence-electron chi connectivity index (χ3n) is 5.19. The van der Waals surface area contributed by atoms with E-state index >= 15 is 0 Å². The number of benzene rings is 2. The molecule has 0 N–H and O–H groups in total. The Kier molecular flexibility index (Phi) is 6.53. The predicted octanol–water partition coefficient (Wildman–Crippen LogP) is 3.89. The van der Waals surface area contributed by atoms with Crippen molar-refractivity contribution in [2.24, 2.45) is 5.16 Å². The summed E-state index contributed by atoms with van der Waals surface area (Å²) >= 11 is 6.62. The van der Waals surface area contributed by atoms with E-state index in [1.165, 1.54) is 18.3 Å². The molecule has 0 saturated heterocycles. The van der Waals surface area contributed by atoms with Gasteiger partial charge in [-0.15, -0.1) is 0 Å². The number of aryl methyl sites for hydroxylation is 1. The van der Waals surface area contributed by atoms with E-state index in [4.69, 9.17) is 21.2 Å². The number of ether oxygens (including phenoxy) is 1. The van der Waals surface area contributed by atoms with Crippen molar-refractivity contribution in [3.05, 3.63) is 75.9 Å². The molecule has 1 aliphatic heterocycles. The van der Waals surface area contributed by atoms with E-state index in [9.17, 15) is 13.2 Å². The molecule has 33 heavy (non-hydrogen) atoms. The average Bonchev–Trinajstić information content (AvgIpc) is 3.47. The van der Waals surface area contributed by atoms with E-state index in [2.05, 4.69) is 10.3 Å². The lowest BCUT2D eigenvalue weighted by Crippen LogP contribution is -2.13. The van der Waals surface area contributed by atoms with Gasteiger partial charge in [0.2, 0.25) is 11.7 Å². The van der Waals surface area contributed by atoms with Gasteiger partial charge in [-0.1, -0.05) is 47.1 Å². The monoisotopic (exact) mass is 487 g/mol. The number of nitrogens with zero attached hydrogens (tertiary/aromatic N) is 3. The van der Waals surface area contributed by atoms with E-state index in [1.54, 1.807) is 4.68 Å². The summed E-state index contributed by atoms with van der Waals surface area (Å²) in [5, 5.41) is 8.20. The van der Waals surface area contributed by atoms with Gasteiger partial charge >= 0.3 is 0 Å². The minimum atomic E-state index is -3.62. The molecule has 8 nitrogen and oxygen atoms in total. The normalized spacial score (nSPS) is 13.5. The van der Waals surface area contributed by atoms with Crippen LogP contribution in [0.25, 0.3) is 0 Å². The van der Waals surface area contributed by atoms with Crippen LogP contribution in [0.15, 0.2) is 58.7 Å². The molecule has 172 valence electrons. The number of sulfone groups is 1. The highest BCUT2D eigenvalue weighted by Crippen LogP contribution is 2.33. The van der Waals surface area contributed by atoms with E-state index in [1.807, 2.05) is 37.3 Å². The molecule has 0 fully saturated rings. The molecule has 1 aromatic heterocycles. The highest BCUT2D eigenvalue weighted by Gasteiger charge is 2.29. The van der Waals surface area contributed by atoms with Gasteiger partial charge in [0.1, 0.15) is 18.8 Å². The first-order valence-electron chi connectivity index (χ1n) is 10.3. The average molecular weight is 488 g/mol. The van der Waals surface area contributed by atoms with Crippen molar-refractivity contribution in [3.8, 4) is 5.88 Å². The molecule has 0 amide bonds. The number of carbonyl (C=O) groups excluding carboxylic acids is 1. The quantitative estimate of drug-likeness (QED) is 0.447. The minimum absolute atomic E-state index is 0.00176. The molecule has 0 spiro atoms. The molecular formula is C23H22ClN3O5S. The van der Waals surface area contributed by atoms with E-state index < -0.39 is 15.6 Å². The molecule has 0 bridgehead atoms. The third-order valence-corrected chi connectivity index (χ3v) is 6.73. The van der Waals surface area contributed by atoms with Crippen molar-refractivity contribution in [1.82, 2.24) is 9.78 Å². The van der Waals surface area contributed by atoms with Gasteiger partial charge in [0.15, 0.2) is 9.84 Å². The maximum absolute atomic E-state index is 13.5. The number of aromatic nitrogens is 2. The van der Waals surface area contributed by atoms with Crippen LogP contribution >= 0.6 is 11.6 Å². The summed E-state index contributed by atoms with van der Waals surface area (Å²) in [6.45, 7) is 2.96. The maximum atomic E-state index is 13.5. The fraction of sp³-hybridized carbons (Fsp3) is 0.261. The summed E-state index contributed by atoms with van der Waals surface area (Å²) in [6, 6.07) is 12.3. The van der Waals surface area contributed by atoms with Crippen LogP contribution in [-0.4, -0.2) is 42.6 Å². The largest absolute Gasteiger partial charge is 0.472 e. The van der Waals surface area contributed by atoms with Crippen molar-refractivity contribution >= 4 is 32.9 Å². The van der Waals surface area contributed by atoms with Crippen LogP contribution in [-0.2, 0) is 27.8 Å². The van der Waals surface area contributed by atoms with Crippen molar-refractivity contribution in [3.63, 3.8) is 0 Å². The molecule has 0 atom stereocenters. The van der Waals surface area contributed by atoms with E-state index in [0.717, 1.165) is 11.8 Å². The second-order valence-electron chi connectivity index (χ2n) is 7.48. The van der Waals surface area contributed by atoms with Gasteiger partial charge in [0, 0.05) is 30.3 Å². The van der Waals surface area contributed by atoms with Gasteiger partial charge in [0.05, 0.1) is 21.8 Å². The number of hydrogen-bond acceptors (Lipinski definition) is 7.